The number of alkyl halides is 1. The summed E-state index contributed by atoms with van der Waals surface area (Å²) in [5, 5.41) is 0. The van der Waals surface area contributed by atoms with Crippen molar-refractivity contribution in [1.82, 2.24) is 0 Å². The Balaban J connectivity index is 2.13. The average molecular weight is 238 g/mol. The fourth-order valence-electron chi connectivity index (χ4n) is 2.06. The molecule has 0 aliphatic heterocycles. The molecule has 0 saturated heterocycles. The molecule has 2 rings (SSSR count). The highest BCUT2D eigenvalue weighted by atomic mass is 35.5. The molecular weight excluding hydrogens is 218 g/mol. The summed E-state index contributed by atoms with van der Waals surface area (Å²) in [6, 6.07) is 6.63. The van der Waals surface area contributed by atoms with E-state index in [9.17, 15) is 0 Å². The van der Waals surface area contributed by atoms with Crippen molar-refractivity contribution in [2.75, 3.05) is 18.0 Å². The maximum atomic E-state index is 5.88. The van der Waals surface area contributed by atoms with Gasteiger partial charge in [0.15, 0.2) is 0 Å². The SMILES string of the molecule is CCN(CC1CC1)c1ccc(CCl)c(C)c1. The van der Waals surface area contributed by atoms with Crippen molar-refractivity contribution in [3.63, 3.8) is 0 Å². The van der Waals surface area contributed by atoms with Crippen molar-refractivity contribution in [3.8, 4) is 0 Å². The van der Waals surface area contributed by atoms with Crippen molar-refractivity contribution < 1.29 is 0 Å². The van der Waals surface area contributed by atoms with Gasteiger partial charge in [-0.1, -0.05) is 6.07 Å². The van der Waals surface area contributed by atoms with E-state index in [4.69, 9.17) is 11.6 Å². The summed E-state index contributed by atoms with van der Waals surface area (Å²) in [5.41, 5.74) is 3.90. The quantitative estimate of drug-likeness (QED) is 0.701. The zero-order valence-corrected chi connectivity index (χ0v) is 10.9. The second-order valence-corrected chi connectivity index (χ2v) is 4.99. The van der Waals surface area contributed by atoms with Gasteiger partial charge in [-0.2, -0.15) is 0 Å². The molecule has 0 spiro atoms. The first kappa shape index (κ1) is 11.8. The molecule has 0 bridgehead atoms. The Hall–Kier alpha value is -0.690. The van der Waals surface area contributed by atoms with Gasteiger partial charge in [-0.05, 0) is 55.9 Å². The van der Waals surface area contributed by atoms with Gasteiger partial charge < -0.3 is 4.90 Å². The number of aryl methyl sites for hydroxylation is 1. The Labute approximate surface area is 103 Å². The molecule has 1 aliphatic carbocycles. The molecule has 1 aromatic rings. The lowest BCUT2D eigenvalue weighted by molar-refractivity contribution is 0.741. The van der Waals surface area contributed by atoms with Crippen LogP contribution in [-0.2, 0) is 5.88 Å². The Morgan fingerprint density at radius 1 is 1.38 bits per heavy atom. The Kier molecular flexibility index (Phi) is 3.75. The van der Waals surface area contributed by atoms with Gasteiger partial charge >= 0.3 is 0 Å². The first-order valence-electron chi connectivity index (χ1n) is 6.15. The molecule has 1 aliphatic rings. The molecule has 2 heteroatoms. The lowest BCUT2D eigenvalue weighted by Gasteiger charge is -2.24. The second-order valence-electron chi connectivity index (χ2n) is 4.73. The van der Waals surface area contributed by atoms with Crippen LogP contribution in [0, 0.1) is 12.8 Å². The molecule has 1 aromatic carbocycles. The van der Waals surface area contributed by atoms with Crippen LogP contribution >= 0.6 is 11.6 Å². The van der Waals surface area contributed by atoms with Gasteiger partial charge in [0.2, 0.25) is 0 Å². The number of benzene rings is 1. The molecule has 0 unspecified atom stereocenters. The van der Waals surface area contributed by atoms with Gasteiger partial charge in [0.05, 0.1) is 0 Å². The summed E-state index contributed by atoms with van der Waals surface area (Å²) in [5.74, 6) is 1.55. The predicted octanol–water partition coefficient (Wildman–Crippen LogP) is 3.97. The molecule has 0 amide bonds. The monoisotopic (exact) mass is 237 g/mol. The molecule has 0 atom stereocenters. The van der Waals surface area contributed by atoms with Crippen LogP contribution < -0.4 is 4.90 Å². The van der Waals surface area contributed by atoms with E-state index in [2.05, 4.69) is 36.9 Å². The molecule has 0 aromatic heterocycles. The van der Waals surface area contributed by atoms with Crippen LogP contribution in [0.3, 0.4) is 0 Å². The molecule has 0 N–H and O–H groups in total. The van der Waals surface area contributed by atoms with Gasteiger partial charge in [-0.3, -0.25) is 0 Å². The Morgan fingerprint density at radius 2 is 2.12 bits per heavy atom. The summed E-state index contributed by atoms with van der Waals surface area (Å²) in [4.78, 5) is 2.47. The van der Waals surface area contributed by atoms with E-state index >= 15 is 0 Å². The minimum absolute atomic E-state index is 0.612. The van der Waals surface area contributed by atoms with E-state index in [1.54, 1.807) is 0 Å². The van der Waals surface area contributed by atoms with Crippen LogP contribution in [0.2, 0.25) is 0 Å². The minimum atomic E-state index is 0.612. The second kappa shape index (κ2) is 5.09. The van der Waals surface area contributed by atoms with Crippen molar-refractivity contribution in [2.45, 2.75) is 32.6 Å². The molecule has 1 nitrogen and oxygen atoms in total. The zero-order valence-electron chi connectivity index (χ0n) is 10.2. The fraction of sp³-hybridized carbons (Fsp3) is 0.571. The normalized spacial score (nSPS) is 15.2. The third-order valence-electron chi connectivity index (χ3n) is 3.39. The first-order valence-corrected chi connectivity index (χ1v) is 6.68. The molecule has 16 heavy (non-hydrogen) atoms. The van der Waals surface area contributed by atoms with Crippen LogP contribution in [0.15, 0.2) is 18.2 Å². The van der Waals surface area contributed by atoms with Gasteiger partial charge in [-0.15, -0.1) is 11.6 Å². The van der Waals surface area contributed by atoms with E-state index < -0.39 is 0 Å². The van der Waals surface area contributed by atoms with Crippen LogP contribution in [0.5, 0.6) is 0 Å². The number of hydrogen-bond donors (Lipinski definition) is 0. The molecule has 1 fully saturated rings. The highest BCUT2D eigenvalue weighted by Gasteiger charge is 2.23. The van der Waals surface area contributed by atoms with E-state index in [1.807, 2.05) is 0 Å². The Morgan fingerprint density at radius 3 is 2.62 bits per heavy atom. The van der Waals surface area contributed by atoms with Gasteiger partial charge in [0, 0.05) is 24.7 Å². The van der Waals surface area contributed by atoms with E-state index in [-0.39, 0.29) is 0 Å². The summed E-state index contributed by atoms with van der Waals surface area (Å²) in [6.45, 7) is 6.69. The Bertz CT molecular complexity index is 358. The molecule has 0 heterocycles. The zero-order chi connectivity index (χ0) is 11.5. The van der Waals surface area contributed by atoms with Crippen molar-refractivity contribution in [1.29, 1.82) is 0 Å². The average Bonchev–Trinajstić information content (AvgIpc) is 3.09. The number of nitrogens with zero attached hydrogens (tertiary/aromatic N) is 1. The van der Waals surface area contributed by atoms with Gasteiger partial charge in [0.25, 0.3) is 0 Å². The largest absolute Gasteiger partial charge is 0.372 e. The van der Waals surface area contributed by atoms with Crippen molar-refractivity contribution in [3.05, 3.63) is 29.3 Å². The van der Waals surface area contributed by atoms with E-state index in [0.29, 0.717) is 5.88 Å². The maximum Gasteiger partial charge on any atom is 0.0476 e. The van der Waals surface area contributed by atoms with Crippen LogP contribution in [-0.4, -0.2) is 13.1 Å². The van der Waals surface area contributed by atoms with Gasteiger partial charge in [-0.25, -0.2) is 0 Å². The smallest absolute Gasteiger partial charge is 0.0476 e. The summed E-state index contributed by atoms with van der Waals surface area (Å²) in [6.07, 6.45) is 2.82. The molecular formula is C14H20ClN. The van der Waals surface area contributed by atoms with Crippen LogP contribution in [0.25, 0.3) is 0 Å². The summed E-state index contributed by atoms with van der Waals surface area (Å²) >= 11 is 5.88. The van der Waals surface area contributed by atoms with Crippen molar-refractivity contribution >= 4 is 17.3 Å². The topological polar surface area (TPSA) is 3.24 Å². The van der Waals surface area contributed by atoms with Crippen molar-refractivity contribution in [2.24, 2.45) is 5.92 Å². The minimum Gasteiger partial charge on any atom is -0.372 e. The highest BCUT2D eigenvalue weighted by Crippen LogP contribution is 2.31. The van der Waals surface area contributed by atoms with Crippen LogP contribution in [0.1, 0.15) is 30.9 Å². The molecule has 0 radical (unpaired) electrons. The summed E-state index contributed by atoms with van der Waals surface area (Å²) in [7, 11) is 0. The van der Waals surface area contributed by atoms with E-state index in [1.165, 1.54) is 36.2 Å². The van der Waals surface area contributed by atoms with Crippen LogP contribution in [0.4, 0.5) is 5.69 Å². The fourth-order valence-corrected chi connectivity index (χ4v) is 2.36. The summed E-state index contributed by atoms with van der Waals surface area (Å²) < 4.78 is 0. The molecule has 1 saturated carbocycles. The maximum absolute atomic E-state index is 5.88. The van der Waals surface area contributed by atoms with E-state index in [0.717, 1.165) is 12.5 Å². The number of anilines is 1. The standard InChI is InChI=1S/C14H20ClN/c1-3-16(10-12-4-5-12)14-7-6-13(9-15)11(2)8-14/h6-8,12H,3-5,9-10H2,1-2H3. The van der Waals surface area contributed by atoms with Gasteiger partial charge in [0.1, 0.15) is 0 Å². The number of halogens is 1. The third kappa shape index (κ3) is 2.70. The predicted molar refractivity (Wildman–Crippen MR) is 71.3 cm³/mol. The number of hydrogen-bond acceptors (Lipinski definition) is 1. The number of rotatable bonds is 5. The molecule has 88 valence electrons. The third-order valence-corrected chi connectivity index (χ3v) is 3.68. The lowest BCUT2D eigenvalue weighted by Crippen LogP contribution is -2.25. The highest BCUT2D eigenvalue weighted by molar-refractivity contribution is 6.17. The lowest BCUT2D eigenvalue weighted by atomic mass is 10.1. The first-order chi connectivity index (χ1) is 7.74.